The summed E-state index contributed by atoms with van der Waals surface area (Å²) in [6.45, 7) is 3.68. The highest BCUT2D eigenvalue weighted by atomic mass is 15.1. The molecular formula is C9H17N. The molecule has 1 heterocycles. The van der Waals surface area contributed by atoms with Gasteiger partial charge in [-0.25, -0.2) is 0 Å². The van der Waals surface area contributed by atoms with Crippen molar-refractivity contribution in [2.24, 2.45) is 11.8 Å². The third-order valence-corrected chi connectivity index (χ3v) is 3.06. The van der Waals surface area contributed by atoms with Crippen LogP contribution in [0.2, 0.25) is 0 Å². The third-order valence-electron chi connectivity index (χ3n) is 3.06. The molecular weight excluding hydrogens is 122 g/mol. The van der Waals surface area contributed by atoms with Gasteiger partial charge in [-0.2, -0.15) is 0 Å². The summed E-state index contributed by atoms with van der Waals surface area (Å²) in [7, 11) is 0. The molecule has 0 bridgehead atoms. The minimum Gasteiger partial charge on any atom is -0.311 e. The third kappa shape index (κ3) is 1.34. The lowest BCUT2D eigenvalue weighted by Gasteiger charge is -2.27. The largest absolute Gasteiger partial charge is 0.311 e. The van der Waals surface area contributed by atoms with E-state index in [1.54, 1.807) is 0 Å². The van der Waals surface area contributed by atoms with Crippen molar-refractivity contribution >= 4 is 0 Å². The van der Waals surface area contributed by atoms with E-state index in [1.165, 1.54) is 32.2 Å². The maximum atomic E-state index is 3.39. The van der Waals surface area contributed by atoms with Gasteiger partial charge in [-0.3, -0.25) is 0 Å². The number of hydrogen-bond donors (Lipinski definition) is 1. The normalized spacial score (nSPS) is 35.1. The Labute approximate surface area is 63.2 Å². The van der Waals surface area contributed by atoms with Gasteiger partial charge in [-0.1, -0.05) is 26.2 Å². The van der Waals surface area contributed by atoms with Crippen molar-refractivity contribution in [3.63, 3.8) is 0 Å². The first-order valence-corrected chi connectivity index (χ1v) is 4.59. The van der Waals surface area contributed by atoms with E-state index in [-0.39, 0.29) is 0 Å². The van der Waals surface area contributed by atoms with Crippen LogP contribution in [0.1, 0.15) is 32.6 Å². The van der Waals surface area contributed by atoms with Crippen molar-refractivity contribution in [2.75, 3.05) is 6.54 Å². The van der Waals surface area contributed by atoms with Crippen molar-refractivity contribution in [3.05, 3.63) is 0 Å². The Bertz CT molecular complexity index is 114. The molecule has 0 aromatic carbocycles. The van der Waals surface area contributed by atoms with Crippen molar-refractivity contribution in [2.45, 2.75) is 38.6 Å². The molecule has 2 atom stereocenters. The highest BCUT2D eigenvalue weighted by Crippen LogP contribution is 2.33. The number of rotatable bonds is 3. The number of nitrogens with one attached hydrogen (secondary N) is 1. The van der Waals surface area contributed by atoms with Gasteiger partial charge in [0.05, 0.1) is 0 Å². The molecule has 0 spiro atoms. The molecule has 0 aromatic rings. The summed E-state index contributed by atoms with van der Waals surface area (Å²) in [5, 5.41) is 3.39. The summed E-state index contributed by atoms with van der Waals surface area (Å²) < 4.78 is 0. The Hall–Kier alpha value is -0.0400. The molecule has 1 saturated carbocycles. The topological polar surface area (TPSA) is 21.9 Å². The Morgan fingerprint density at radius 3 is 2.60 bits per heavy atom. The van der Waals surface area contributed by atoms with Crippen LogP contribution in [-0.4, -0.2) is 12.6 Å². The first-order valence-electron chi connectivity index (χ1n) is 4.59. The van der Waals surface area contributed by atoms with Crippen LogP contribution in [0.25, 0.3) is 0 Å². The van der Waals surface area contributed by atoms with Gasteiger partial charge < -0.3 is 5.32 Å². The highest BCUT2D eigenvalue weighted by Gasteiger charge is 2.30. The molecule has 1 N–H and O–H groups in total. The van der Waals surface area contributed by atoms with Gasteiger partial charge in [0.2, 0.25) is 0 Å². The molecule has 2 unspecified atom stereocenters. The van der Waals surface area contributed by atoms with Crippen LogP contribution in [0.4, 0.5) is 0 Å². The fraction of sp³-hybridized carbons (Fsp3) is 1.00. The van der Waals surface area contributed by atoms with E-state index in [9.17, 15) is 0 Å². The quantitative estimate of drug-likeness (QED) is 0.591. The zero-order valence-corrected chi connectivity index (χ0v) is 6.77. The van der Waals surface area contributed by atoms with Gasteiger partial charge in [0.1, 0.15) is 0 Å². The van der Waals surface area contributed by atoms with E-state index < -0.39 is 0 Å². The summed E-state index contributed by atoms with van der Waals surface area (Å²) in [4.78, 5) is 0. The molecule has 2 fully saturated rings. The Morgan fingerprint density at radius 1 is 1.50 bits per heavy atom. The summed E-state index contributed by atoms with van der Waals surface area (Å²) in [5.74, 6) is 2.04. The Kier molecular flexibility index (Phi) is 1.69. The van der Waals surface area contributed by atoms with E-state index in [1.807, 2.05) is 0 Å². The van der Waals surface area contributed by atoms with E-state index in [2.05, 4.69) is 12.2 Å². The lowest BCUT2D eigenvalue weighted by atomic mass is 9.79. The molecule has 58 valence electrons. The van der Waals surface area contributed by atoms with Crippen molar-refractivity contribution in [1.82, 2.24) is 5.32 Å². The van der Waals surface area contributed by atoms with Crippen LogP contribution in [0, 0.1) is 11.8 Å². The molecule has 0 radical (unpaired) electrons. The van der Waals surface area contributed by atoms with E-state index in [4.69, 9.17) is 0 Å². The zero-order valence-electron chi connectivity index (χ0n) is 6.77. The van der Waals surface area contributed by atoms with Crippen LogP contribution >= 0.6 is 0 Å². The lowest BCUT2D eigenvalue weighted by molar-refractivity contribution is 0.255. The fourth-order valence-corrected chi connectivity index (χ4v) is 1.89. The average molecular weight is 139 g/mol. The number of hydrogen-bond acceptors (Lipinski definition) is 1. The summed E-state index contributed by atoms with van der Waals surface area (Å²) in [6.07, 6.45) is 6.00. The zero-order chi connectivity index (χ0) is 6.97. The summed E-state index contributed by atoms with van der Waals surface area (Å²) in [5.41, 5.74) is 0. The molecule has 1 heteroatoms. The minimum atomic E-state index is 0.889. The van der Waals surface area contributed by atoms with Crippen molar-refractivity contribution in [3.8, 4) is 0 Å². The molecule has 2 rings (SSSR count). The smallest absolute Gasteiger partial charge is 0.0218 e. The van der Waals surface area contributed by atoms with Gasteiger partial charge in [-0.15, -0.1) is 0 Å². The van der Waals surface area contributed by atoms with Gasteiger partial charge in [0.15, 0.2) is 0 Å². The highest BCUT2D eigenvalue weighted by molar-refractivity contribution is 4.89. The van der Waals surface area contributed by atoms with Crippen LogP contribution in [0.3, 0.4) is 0 Å². The molecule has 0 amide bonds. The van der Waals surface area contributed by atoms with E-state index in [0.29, 0.717) is 0 Å². The van der Waals surface area contributed by atoms with Gasteiger partial charge in [-0.05, 0) is 18.3 Å². The predicted molar refractivity (Wildman–Crippen MR) is 42.9 cm³/mol. The molecule has 1 aliphatic heterocycles. The van der Waals surface area contributed by atoms with E-state index >= 15 is 0 Å². The molecule has 10 heavy (non-hydrogen) atoms. The standard InChI is InChI=1S/C9H17N/c1-7(9-6-10-9)5-8-3-2-4-8/h7-10H,2-6H2,1H3. The first kappa shape index (κ1) is 6.66. The van der Waals surface area contributed by atoms with Gasteiger partial charge >= 0.3 is 0 Å². The van der Waals surface area contributed by atoms with Crippen molar-refractivity contribution < 1.29 is 0 Å². The first-order chi connectivity index (χ1) is 4.86. The Morgan fingerprint density at radius 2 is 2.20 bits per heavy atom. The maximum absolute atomic E-state index is 3.39. The second-order valence-corrected chi connectivity index (χ2v) is 4.02. The average Bonchev–Trinajstić information content (AvgIpc) is 2.58. The maximum Gasteiger partial charge on any atom is 0.0218 e. The fourth-order valence-electron chi connectivity index (χ4n) is 1.89. The summed E-state index contributed by atoms with van der Waals surface area (Å²) >= 11 is 0. The van der Waals surface area contributed by atoms with Gasteiger partial charge in [0.25, 0.3) is 0 Å². The molecule has 1 aliphatic carbocycles. The van der Waals surface area contributed by atoms with Gasteiger partial charge in [0, 0.05) is 12.6 Å². The Balaban J connectivity index is 1.67. The van der Waals surface area contributed by atoms with Crippen LogP contribution in [-0.2, 0) is 0 Å². The molecule has 0 aromatic heterocycles. The minimum absolute atomic E-state index is 0.889. The predicted octanol–water partition coefficient (Wildman–Crippen LogP) is 1.78. The van der Waals surface area contributed by atoms with Crippen LogP contribution < -0.4 is 5.32 Å². The lowest BCUT2D eigenvalue weighted by Crippen LogP contribution is -2.18. The SMILES string of the molecule is CC(CC1CCC1)C1CN1. The van der Waals surface area contributed by atoms with Crippen LogP contribution in [0.15, 0.2) is 0 Å². The molecule has 2 aliphatic rings. The molecule has 1 nitrogen and oxygen atoms in total. The monoisotopic (exact) mass is 139 g/mol. The second-order valence-electron chi connectivity index (χ2n) is 4.02. The van der Waals surface area contributed by atoms with E-state index in [0.717, 1.165) is 17.9 Å². The van der Waals surface area contributed by atoms with Crippen LogP contribution in [0.5, 0.6) is 0 Å². The second kappa shape index (κ2) is 2.54. The van der Waals surface area contributed by atoms with Crippen molar-refractivity contribution in [1.29, 1.82) is 0 Å². The molecule has 1 saturated heterocycles. The summed E-state index contributed by atoms with van der Waals surface area (Å²) in [6, 6.07) is 0.889.